The van der Waals surface area contributed by atoms with E-state index in [9.17, 15) is 4.79 Å². The fourth-order valence-corrected chi connectivity index (χ4v) is 3.42. The van der Waals surface area contributed by atoms with Gasteiger partial charge in [-0.25, -0.2) is 0 Å². The maximum absolute atomic E-state index is 12.6. The Morgan fingerprint density at radius 1 is 0.812 bits per heavy atom. The summed E-state index contributed by atoms with van der Waals surface area (Å²) in [4.78, 5) is 12.6. The lowest BCUT2D eigenvalue weighted by atomic mass is 10.1. The van der Waals surface area contributed by atoms with Crippen molar-refractivity contribution in [3.05, 3.63) is 78.9 Å². The number of rotatable bonds is 12. The molecule has 0 bridgehead atoms. The number of amides is 1. The van der Waals surface area contributed by atoms with Gasteiger partial charge in [-0.3, -0.25) is 4.79 Å². The molecule has 0 aliphatic carbocycles. The van der Waals surface area contributed by atoms with Crippen LogP contribution in [0.2, 0.25) is 0 Å². The van der Waals surface area contributed by atoms with Gasteiger partial charge >= 0.3 is 0 Å². The number of anilines is 1. The van der Waals surface area contributed by atoms with E-state index in [2.05, 4.69) is 24.4 Å². The van der Waals surface area contributed by atoms with Crippen LogP contribution in [0.5, 0.6) is 11.5 Å². The Labute approximate surface area is 191 Å². The molecule has 0 saturated heterocycles. The second kappa shape index (κ2) is 12.6. The van der Waals surface area contributed by atoms with Crippen molar-refractivity contribution in [2.75, 3.05) is 11.9 Å². The van der Waals surface area contributed by atoms with Crippen LogP contribution in [0.25, 0.3) is 11.1 Å². The second-order valence-corrected chi connectivity index (χ2v) is 7.93. The molecular formula is C28H33NO3. The number of hydrogen-bond donors (Lipinski definition) is 1. The Hall–Kier alpha value is -3.27. The van der Waals surface area contributed by atoms with Crippen LogP contribution in [-0.4, -0.2) is 18.6 Å². The molecule has 4 heteroatoms. The van der Waals surface area contributed by atoms with Crippen molar-refractivity contribution in [3.63, 3.8) is 0 Å². The fourth-order valence-electron chi connectivity index (χ4n) is 3.42. The first-order valence-corrected chi connectivity index (χ1v) is 11.5. The normalized spacial score (nSPS) is 11.6. The lowest BCUT2D eigenvalue weighted by Gasteiger charge is -2.15. The topological polar surface area (TPSA) is 47.6 Å². The minimum Gasteiger partial charge on any atom is -0.494 e. The van der Waals surface area contributed by atoms with Crippen molar-refractivity contribution in [2.45, 2.75) is 52.1 Å². The molecule has 0 aromatic heterocycles. The largest absolute Gasteiger partial charge is 0.494 e. The molecule has 0 saturated carbocycles. The quantitative estimate of drug-likeness (QED) is 0.311. The Bertz CT molecular complexity index is 954. The molecular weight excluding hydrogens is 398 g/mol. The summed E-state index contributed by atoms with van der Waals surface area (Å²) in [5.41, 5.74) is 2.96. The zero-order valence-electron chi connectivity index (χ0n) is 19.1. The van der Waals surface area contributed by atoms with Crippen LogP contribution < -0.4 is 14.8 Å². The molecule has 3 aromatic rings. The zero-order chi connectivity index (χ0) is 22.6. The van der Waals surface area contributed by atoms with Gasteiger partial charge in [0.2, 0.25) is 0 Å². The second-order valence-electron chi connectivity index (χ2n) is 7.93. The average molecular weight is 432 g/mol. The fraction of sp³-hybridized carbons (Fsp3) is 0.321. The van der Waals surface area contributed by atoms with E-state index < -0.39 is 6.10 Å². The van der Waals surface area contributed by atoms with Gasteiger partial charge in [-0.2, -0.15) is 0 Å². The summed E-state index contributed by atoms with van der Waals surface area (Å²) in [6, 6.07) is 25.4. The van der Waals surface area contributed by atoms with Crippen LogP contribution in [-0.2, 0) is 4.79 Å². The number of carbonyl (C=O) groups excluding carboxylic acids is 1. The van der Waals surface area contributed by atoms with Crippen LogP contribution in [0.3, 0.4) is 0 Å². The molecule has 0 aliphatic rings. The van der Waals surface area contributed by atoms with E-state index in [4.69, 9.17) is 9.47 Å². The highest BCUT2D eigenvalue weighted by atomic mass is 16.5. The van der Waals surface area contributed by atoms with E-state index in [1.54, 1.807) is 6.92 Å². The molecule has 1 N–H and O–H groups in total. The molecule has 0 spiro atoms. The maximum atomic E-state index is 12.6. The molecule has 0 fully saturated rings. The third kappa shape index (κ3) is 7.45. The molecule has 1 atom stereocenters. The number of ether oxygens (including phenoxy) is 2. The van der Waals surface area contributed by atoms with Crippen LogP contribution in [0.1, 0.15) is 46.0 Å². The summed E-state index contributed by atoms with van der Waals surface area (Å²) in [6.45, 7) is 4.65. The lowest BCUT2D eigenvalue weighted by molar-refractivity contribution is -0.122. The van der Waals surface area contributed by atoms with E-state index in [1.807, 2.05) is 66.7 Å². The number of carbonyl (C=O) groups is 1. The standard InChI is InChI=1S/C28H33NO3/c1-3-4-5-6-10-20-31-27-15-11-14-25(21-27)29-28(30)22(2)32-26-18-16-24(17-19-26)23-12-8-7-9-13-23/h7-9,11-19,21-22H,3-6,10,20H2,1-2H3,(H,29,30). The van der Waals surface area contributed by atoms with Crippen molar-refractivity contribution in [1.82, 2.24) is 0 Å². The minimum atomic E-state index is -0.624. The highest BCUT2D eigenvalue weighted by Gasteiger charge is 2.15. The van der Waals surface area contributed by atoms with Crippen LogP contribution in [0, 0.1) is 0 Å². The monoisotopic (exact) mass is 431 g/mol. The Balaban J connectivity index is 1.48. The van der Waals surface area contributed by atoms with Crippen molar-refractivity contribution in [2.24, 2.45) is 0 Å². The summed E-state index contributed by atoms with van der Waals surface area (Å²) in [5.74, 6) is 1.23. The van der Waals surface area contributed by atoms with Gasteiger partial charge in [0.05, 0.1) is 6.61 Å². The molecule has 0 heterocycles. The third-order valence-electron chi connectivity index (χ3n) is 5.26. The van der Waals surface area contributed by atoms with Gasteiger partial charge in [-0.1, -0.05) is 81.1 Å². The first-order valence-electron chi connectivity index (χ1n) is 11.5. The molecule has 3 rings (SSSR count). The highest BCUT2D eigenvalue weighted by Crippen LogP contribution is 2.23. The predicted molar refractivity (Wildman–Crippen MR) is 131 cm³/mol. The van der Waals surface area contributed by atoms with Crippen molar-refractivity contribution >= 4 is 11.6 Å². The molecule has 1 amide bonds. The number of nitrogens with one attached hydrogen (secondary N) is 1. The lowest BCUT2D eigenvalue weighted by Crippen LogP contribution is -2.30. The van der Waals surface area contributed by atoms with E-state index in [0.717, 1.165) is 23.3 Å². The van der Waals surface area contributed by atoms with Gasteiger partial charge in [0, 0.05) is 11.8 Å². The molecule has 168 valence electrons. The molecule has 3 aromatic carbocycles. The molecule has 0 aliphatic heterocycles. The number of benzene rings is 3. The average Bonchev–Trinajstić information content (AvgIpc) is 2.82. The Morgan fingerprint density at radius 3 is 2.28 bits per heavy atom. The molecule has 1 unspecified atom stereocenters. The van der Waals surface area contributed by atoms with Gasteiger partial charge < -0.3 is 14.8 Å². The van der Waals surface area contributed by atoms with E-state index in [-0.39, 0.29) is 5.91 Å². The smallest absolute Gasteiger partial charge is 0.265 e. The number of unbranched alkanes of at least 4 members (excludes halogenated alkanes) is 4. The Morgan fingerprint density at radius 2 is 1.53 bits per heavy atom. The van der Waals surface area contributed by atoms with E-state index in [0.29, 0.717) is 18.0 Å². The summed E-state index contributed by atoms with van der Waals surface area (Å²) in [6.07, 6.45) is 5.38. The van der Waals surface area contributed by atoms with Crippen LogP contribution >= 0.6 is 0 Å². The van der Waals surface area contributed by atoms with Gasteiger partial charge in [-0.05, 0) is 48.7 Å². The van der Waals surface area contributed by atoms with Crippen molar-refractivity contribution in [1.29, 1.82) is 0 Å². The molecule has 4 nitrogen and oxygen atoms in total. The molecule has 32 heavy (non-hydrogen) atoms. The van der Waals surface area contributed by atoms with E-state index in [1.165, 1.54) is 25.7 Å². The zero-order valence-corrected chi connectivity index (χ0v) is 19.1. The van der Waals surface area contributed by atoms with Gasteiger partial charge in [0.25, 0.3) is 5.91 Å². The summed E-state index contributed by atoms with van der Waals surface area (Å²) < 4.78 is 11.7. The van der Waals surface area contributed by atoms with Gasteiger partial charge in [-0.15, -0.1) is 0 Å². The van der Waals surface area contributed by atoms with E-state index >= 15 is 0 Å². The Kier molecular flexibility index (Phi) is 9.18. The summed E-state index contributed by atoms with van der Waals surface area (Å²) in [7, 11) is 0. The molecule has 0 radical (unpaired) electrons. The SMILES string of the molecule is CCCCCCCOc1cccc(NC(=O)C(C)Oc2ccc(-c3ccccc3)cc2)c1. The van der Waals surface area contributed by atoms with Crippen molar-refractivity contribution < 1.29 is 14.3 Å². The van der Waals surface area contributed by atoms with Gasteiger partial charge in [0.1, 0.15) is 11.5 Å². The number of hydrogen-bond acceptors (Lipinski definition) is 3. The van der Waals surface area contributed by atoms with Crippen LogP contribution in [0.15, 0.2) is 78.9 Å². The summed E-state index contributed by atoms with van der Waals surface area (Å²) >= 11 is 0. The maximum Gasteiger partial charge on any atom is 0.265 e. The van der Waals surface area contributed by atoms with Gasteiger partial charge in [0.15, 0.2) is 6.10 Å². The first kappa shape index (κ1) is 23.4. The summed E-state index contributed by atoms with van der Waals surface area (Å²) in [5, 5.41) is 2.91. The minimum absolute atomic E-state index is 0.200. The van der Waals surface area contributed by atoms with Crippen molar-refractivity contribution in [3.8, 4) is 22.6 Å². The highest BCUT2D eigenvalue weighted by molar-refractivity contribution is 5.94. The van der Waals surface area contributed by atoms with Crippen LogP contribution in [0.4, 0.5) is 5.69 Å². The third-order valence-corrected chi connectivity index (χ3v) is 5.26. The predicted octanol–water partition coefficient (Wildman–Crippen LogP) is 7.11. The first-order chi connectivity index (χ1) is 15.7.